The SMILES string of the molecule is O=C(O)CC1(Oc2cccc(-c3ccccc3)c2)C(O)CCC1C=CC(=O)Cc1ccccc1. The van der Waals surface area contributed by atoms with Crippen LogP contribution in [0.15, 0.2) is 97.1 Å². The lowest BCUT2D eigenvalue weighted by molar-refractivity contribution is -0.146. The molecule has 4 rings (SSSR count). The maximum atomic E-state index is 12.5. The summed E-state index contributed by atoms with van der Waals surface area (Å²) in [7, 11) is 0. The molecule has 0 amide bonds. The molecule has 3 aromatic carbocycles. The van der Waals surface area contributed by atoms with Crippen LogP contribution >= 0.6 is 0 Å². The third kappa shape index (κ3) is 5.43. The number of carboxylic acid groups (broad SMARTS) is 1. The van der Waals surface area contributed by atoms with Crippen LogP contribution in [0.4, 0.5) is 0 Å². The zero-order chi connectivity index (χ0) is 24.0. The van der Waals surface area contributed by atoms with Crippen LogP contribution in [0.5, 0.6) is 5.75 Å². The molecule has 34 heavy (non-hydrogen) atoms. The minimum atomic E-state index is -1.36. The first-order chi connectivity index (χ1) is 16.5. The number of hydrogen-bond acceptors (Lipinski definition) is 4. The van der Waals surface area contributed by atoms with Crippen molar-refractivity contribution in [1.82, 2.24) is 0 Å². The average Bonchev–Trinajstić information content (AvgIpc) is 3.13. The first-order valence-corrected chi connectivity index (χ1v) is 11.5. The number of allylic oxidation sites excluding steroid dienone is 1. The van der Waals surface area contributed by atoms with E-state index in [1.807, 2.05) is 78.9 Å². The predicted octanol–water partition coefficient (Wildman–Crippen LogP) is 5.08. The third-order valence-electron chi connectivity index (χ3n) is 6.35. The number of ketones is 1. The van der Waals surface area contributed by atoms with Gasteiger partial charge in [-0.25, -0.2) is 0 Å². The Labute approximate surface area is 199 Å². The standard InChI is InChI=1S/C29H28O5/c30-25(18-21-8-3-1-4-9-21)16-14-24-15-17-27(31)29(24,20-28(32)33)34-26-13-7-12-23(19-26)22-10-5-2-6-11-22/h1-14,16,19,24,27,31H,15,17-18,20H2,(H,32,33). The first kappa shape index (κ1) is 23.5. The van der Waals surface area contributed by atoms with E-state index in [1.54, 1.807) is 12.1 Å². The van der Waals surface area contributed by atoms with Gasteiger partial charge in [0.1, 0.15) is 5.75 Å². The quantitative estimate of drug-likeness (QED) is 0.439. The molecular weight excluding hydrogens is 428 g/mol. The van der Waals surface area contributed by atoms with Crippen molar-refractivity contribution in [3.05, 3.63) is 103 Å². The van der Waals surface area contributed by atoms with E-state index >= 15 is 0 Å². The summed E-state index contributed by atoms with van der Waals surface area (Å²) in [5.41, 5.74) is 1.50. The molecule has 5 heteroatoms. The van der Waals surface area contributed by atoms with E-state index in [0.29, 0.717) is 18.6 Å². The Kier molecular flexibility index (Phi) is 7.24. The van der Waals surface area contributed by atoms with Gasteiger partial charge in [0.05, 0.1) is 12.5 Å². The minimum Gasteiger partial charge on any atom is -0.483 e. The fraction of sp³-hybridized carbons (Fsp3) is 0.241. The maximum Gasteiger partial charge on any atom is 0.307 e. The number of carbonyl (C=O) groups excluding carboxylic acids is 1. The molecule has 0 radical (unpaired) electrons. The molecule has 174 valence electrons. The highest BCUT2D eigenvalue weighted by Crippen LogP contribution is 2.43. The van der Waals surface area contributed by atoms with Gasteiger partial charge in [-0.1, -0.05) is 78.9 Å². The lowest BCUT2D eigenvalue weighted by atomic mass is 9.85. The van der Waals surface area contributed by atoms with Crippen LogP contribution < -0.4 is 4.74 Å². The van der Waals surface area contributed by atoms with Gasteiger partial charge in [0.15, 0.2) is 11.4 Å². The van der Waals surface area contributed by atoms with E-state index < -0.39 is 23.6 Å². The van der Waals surface area contributed by atoms with Crippen molar-refractivity contribution in [3.8, 4) is 16.9 Å². The monoisotopic (exact) mass is 456 g/mol. The van der Waals surface area contributed by atoms with E-state index in [2.05, 4.69) is 0 Å². The summed E-state index contributed by atoms with van der Waals surface area (Å²) in [4.78, 5) is 24.4. The zero-order valence-electron chi connectivity index (χ0n) is 18.8. The largest absolute Gasteiger partial charge is 0.483 e. The molecule has 3 aromatic rings. The molecule has 5 nitrogen and oxygen atoms in total. The van der Waals surface area contributed by atoms with Gasteiger partial charge in [-0.15, -0.1) is 0 Å². The van der Waals surface area contributed by atoms with E-state index in [-0.39, 0.29) is 18.6 Å². The fourth-order valence-corrected chi connectivity index (χ4v) is 4.67. The zero-order valence-corrected chi connectivity index (χ0v) is 18.8. The Morgan fingerprint density at radius 3 is 2.29 bits per heavy atom. The second-order valence-electron chi connectivity index (χ2n) is 8.71. The molecular formula is C29H28O5. The second-order valence-corrected chi connectivity index (χ2v) is 8.71. The number of hydrogen-bond donors (Lipinski definition) is 2. The van der Waals surface area contributed by atoms with Gasteiger partial charge in [0.2, 0.25) is 0 Å². The van der Waals surface area contributed by atoms with E-state index in [1.165, 1.54) is 6.08 Å². The molecule has 1 saturated carbocycles. The Morgan fingerprint density at radius 1 is 0.912 bits per heavy atom. The van der Waals surface area contributed by atoms with Crippen LogP contribution in [0.2, 0.25) is 0 Å². The summed E-state index contributed by atoms with van der Waals surface area (Å²) in [6.45, 7) is 0. The summed E-state index contributed by atoms with van der Waals surface area (Å²) in [6, 6.07) is 26.7. The van der Waals surface area contributed by atoms with Crippen molar-refractivity contribution >= 4 is 11.8 Å². The molecule has 1 aliphatic rings. The Balaban J connectivity index is 1.59. The van der Waals surface area contributed by atoms with E-state index in [0.717, 1.165) is 16.7 Å². The third-order valence-corrected chi connectivity index (χ3v) is 6.35. The number of aliphatic hydroxyl groups excluding tert-OH is 1. The van der Waals surface area contributed by atoms with Crippen LogP contribution in [0.3, 0.4) is 0 Å². The van der Waals surface area contributed by atoms with Gasteiger partial charge in [-0.2, -0.15) is 0 Å². The lowest BCUT2D eigenvalue weighted by Crippen LogP contribution is -2.50. The molecule has 1 fully saturated rings. The van der Waals surface area contributed by atoms with Gasteiger partial charge in [0, 0.05) is 12.3 Å². The normalized spacial score (nSPS) is 22.0. The molecule has 0 heterocycles. The van der Waals surface area contributed by atoms with E-state index in [9.17, 15) is 19.8 Å². The van der Waals surface area contributed by atoms with Crippen molar-refractivity contribution < 1.29 is 24.5 Å². The fourth-order valence-electron chi connectivity index (χ4n) is 4.67. The molecule has 3 unspecified atom stereocenters. The molecule has 0 spiro atoms. The van der Waals surface area contributed by atoms with Crippen LogP contribution in [0.25, 0.3) is 11.1 Å². The van der Waals surface area contributed by atoms with Gasteiger partial charge >= 0.3 is 5.97 Å². The smallest absolute Gasteiger partial charge is 0.307 e. The number of ether oxygens (including phenoxy) is 1. The summed E-state index contributed by atoms with van der Waals surface area (Å²) in [5, 5.41) is 20.6. The molecule has 2 N–H and O–H groups in total. The molecule has 0 aliphatic heterocycles. The van der Waals surface area contributed by atoms with Crippen molar-refractivity contribution in [2.24, 2.45) is 5.92 Å². The van der Waals surface area contributed by atoms with E-state index in [4.69, 9.17) is 4.74 Å². The molecule has 0 saturated heterocycles. The van der Waals surface area contributed by atoms with Gasteiger partial charge in [0.25, 0.3) is 0 Å². The first-order valence-electron chi connectivity index (χ1n) is 11.5. The van der Waals surface area contributed by atoms with Crippen LogP contribution in [0.1, 0.15) is 24.8 Å². The second kappa shape index (κ2) is 10.5. The highest BCUT2D eigenvalue weighted by Gasteiger charge is 2.52. The summed E-state index contributed by atoms with van der Waals surface area (Å²) in [5.74, 6) is -1.08. The predicted molar refractivity (Wildman–Crippen MR) is 131 cm³/mol. The molecule has 0 bridgehead atoms. The molecule has 3 atom stereocenters. The van der Waals surface area contributed by atoms with Crippen LogP contribution in [0, 0.1) is 5.92 Å². The topological polar surface area (TPSA) is 83.8 Å². The number of carbonyl (C=O) groups is 2. The van der Waals surface area contributed by atoms with Gasteiger partial charge in [-0.05, 0) is 47.7 Å². The summed E-state index contributed by atoms with van der Waals surface area (Å²) < 4.78 is 6.32. The highest BCUT2D eigenvalue weighted by molar-refractivity contribution is 5.91. The number of carboxylic acids is 1. The highest BCUT2D eigenvalue weighted by atomic mass is 16.5. The summed E-state index contributed by atoms with van der Waals surface area (Å²) >= 11 is 0. The van der Waals surface area contributed by atoms with Crippen molar-refractivity contribution in [2.75, 3.05) is 0 Å². The lowest BCUT2D eigenvalue weighted by Gasteiger charge is -2.36. The number of aliphatic carboxylic acids is 1. The molecule has 0 aromatic heterocycles. The van der Waals surface area contributed by atoms with Crippen LogP contribution in [-0.2, 0) is 16.0 Å². The van der Waals surface area contributed by atoms with Gasteiger partial charge < -0.3 is 14.9 Å². The van der Waals surface area contributed by atoms with Crippen LogP contribution in [-0.4, -0.2) is 33.7 Å². The number of benzene rings is 3. The van der Waals surface area contributed by atoms with Crippen molar-refractivity contribution in [2.45, 2.75) is 37.4 Å². The number of rotatable bonds is 9. The Hall–Kier alpha value is -3.70. The van der Waals surface area contributed by atoms with Crippen molar-refractivity contribution in [1.29, 1.82) is 0 Å². The maximum absolute atomic E-state index is 12.5. The Bertz CT molecular complexity index is 1160. The molecule has 1 aliphatic carbocycles. The Morgan fingerprint density at radius 2 is 1.59 bits per heavy atom. The number of aliphatic hydroxyl groups is 1. The van der Waals surface area contributed by atoms with Crippen molar-refractivity contribution in [3.63, 3.8) is 0 Å². The van der Waals surface area contributed by atoms with Gasteiger partial charge in [-0.3, -0.25) is 9.59 Å². The average molecular weight is 457 g/mol. The minimum absolute atomic E-state index is 0.0807. The summed E-state index contributed by atoms with van der Waals surface area (Å²) in [6.07, 6.45) is 3.06.